The maximum absolute atomic E-state index is 12.7. The van der Waals surface area contributed by atoms with Crippen LogP contribution in [0.2, 0.25) is 0 Å². The molecule has 1 aromatic heterocycles. The lowest BCUT2D eigenvalue weighted by Gasteiger charge is -2.33. The topological polar surface area (TPSA) is 66.1 Å². The summed E-state index contributed by atoms with van der Waals surface area (Å²) in [5, 5.41) is 0. The van der Waals surface area contributed by atoms with E-state index in [4.69, 9.17) is 4.98 Å². The summed E-state index contributed by atoms with van der Waals surface area (Å²) in [6.07, 6.45) is 1.98. The lowest BCUT2D eigenvalue weighted by Crippen LogP contribution is -2.34. The van der Waals surface area contributed by atoms with Gasteiger partial charge < -0.3 is 9.88 Å². The number of fused-ring (bicyclic) bond motifs is 1. The molecular weight excluding hydrogens is 384 g/mol. The van der Waals surface area contributed by atoms with E-state index in [9.17, 15) is 17.2 Å². The summed E-state index contributed by atoms with van der Waals surface area (Å²) < 4.78 is 48.6. The number of sulfone groups is 1. The van der Waals surface area contributed by atoms with E-state index in [1.165, 1.54) is 17.7 Å². The average molecular weight is 405 g/mol. The molecule has 0 bridgehead atoms. The highest BCUT2D eigenvalue weighted by Gasteiger charge is 2.27. The normalized spacial score (nSPS) is 18.1. The number of aryl methyl sites for hydroxylation is 1. The molecule has 2 heterocycles. The van der Waals surface area contributed by atoms with Crippen molar-refractivity contribution in [2.24, 2.45) is 0 Å². The van der Waals surface area contributed by atoms with E-state index in [0.29, 0.717) is 0 Å². The summed E-state index contributed by atoms with van der Waals surface area (Å²) in [6, 6.07) is 11.8. The highest BCUT2D eigenvalue weighted by Crippen LogP contribution is 2.31. The summed E-state index contributed by atoms with van der Waals surface area (Å²) >= 11 is 0. The molecule has 3 aromatic rings. The van der Waals surface area contributed by atoms with Gasteiger partial charge >= 0.3 is 5.76 Å². The van der Waals surface area contributed by atoms with Crippen molar-refractivity contribution in [3.63, 3.8) is 0 Å². The largest absolute Gasteiger partial charge is 0.371 e. The lowest BCUT2D eigenvalue weighted by molar-refractivity contribution is 0.234. The van der Waals surface area contributed by atoms with Crippen molar-refractivity contribution in [1.29, 1.82) is 0 Å². The summed E-state index contributed by atoms with van der Waals surface area (Å²) in [6.45, 7) is 3.61. The second-order valence-corrected chi connectivity index (χ2v) is 9.15. The Kier molecular flexibility index (Phi) is 4.82. The number of piperidine rings is 1. The molecule has 8 heteroatoms. The quantitative estimate of drug-likeness (QED) is 0.705. The SMILES string of the molecule is Cc1ccc2nc(C3CCCN(c4ccc(S(=O)(=O)C(F)F)cc4)C3)[nH]c2c1. The second-order valence-electron chi connectivity index (χ2n) is 7.23. The van der Waals surface area contributed by atoms with Crippen LogP contribution >= 0.6 is 0 Å². The monoisotopic (exact) mass is 405 g/mol. The number of hydrogen-bond acceptors (Lipinski definition) is 4. The van der Waals surface area contributed by atoms with Crippen LogP contribution in [-0.4, -0.2) is 37.2 Å². The molecular formula is C20H21F2N3O2S. The Bertz CT molecular complexity index is 1090. The molecule has 1 aliphatic heterocycles. The molecule has 28 heavy (non-hydrogen) atoms. The zero-order valence-electron chi connectivity index (χ0n) is 15.4. The van der Waals surface area contributed by atoms with Gasteiger partial charge in [0.2, 0.25) is 9.84 Å². The average Bonchev–Trinajstić information content (AvgIpc) is 3.11. The molecule has 0 radical (unpaired) electrons. The molecule has 148 valence electrons. The van der Waals surface area contributed by atoms with Gasteiger partial charge in [-0.25, -0.2) is 13.4 Å². The van der Waals surface area contributed by atoms with Crippen LogP contribution in [0.1, 0.15) is 30.1 Å². The number of anilines is 1. The molecule has 1 atom stereocenters. The Morgan fingerprint density at radius 2 is 1.93 bits per heavy atom. The third-order valence-corrected chi connectivity index (χ3v) is 6.63. The van der Waals surface area contributed by atoms with Gasteiger partial charge in [-0.1, -0.05) is 6.07 Å². The Morgan fingerprint density at radius 1 is 1.18 bits per heavy atom. The predicted octanol–water partition coefficient (Wildman–Crippen LogP) is 4.25. The zero-order valence-corrected chi connectivity index (χ0v) is 16.2. The van der Waals surface area contributed by atoms with Crippen LogP contribution < -0.4 is 4.90 Å². The van der Waals surface area contributed by atoms with E-state index in [1.54, 1.807) is 12.1 Å². The molecule has 1 aliphatic rings. The van der Waals surface area contributed by atoms with Crippen LogP contribution in [0.4, 0.5) is 14.5 Å². The number of rotatable bonds is 4. The first-order valence-corrected chi connectivity index (χ1v) is 10.7. The maximum Gasteiger partial charge on any atom is 0.341 e. The fourth-order valence-corrected chi connectivity index (χ4v) is 4.44. The highest BCUT2D eigenvalue weighted by molar-refractivity contribution is 7.91. The standard InChI is InChI=1S/C20H21F2N3O2S/c1-13-4-9-17-18(11-13)24-19(23-17)14-3-2-10-25(12-14)15-5-7-16(8-6-15)28(26,27)20(21)22/h4-9,11,14,20H,2-3,10,12H2,1H3,(H,23,24). The fourth-order valence-electron chi connectivity index (χ4n) is 3.72. The van der Waals surface area contributed by atoms with E-state index >= 15 is 0 Å². The third kappa shape index (κ3) is 3.48. The summed E-state index contributed by atoms with van der Waals surface area (Å²) in [4.78, 5) is 9.94. The molecule has 0 spiro atoms. The number of aromatic amines is 1. The summed E-state index contributed by atoms with van der Waals surface area (Å²) in [7, 11) is -4.56. The van der Waals surface area contributed by atoms with Gasteiger partial charge in [0, 0.05) is 24.7 Å². The molecule has 1 fully saturated rings. The van der Waals surface area contributed by atoms with Gasteiger partial charge in [0.15, 0.2) is 0 Å². The summed E-state index contributed by atoms with van der Waals surface area (Å²) in [5.41, 5.74) is 3.96. The van der Waals surface area contributed by atoms with Crippen LogP contribution in [0, 0.1) is 6.92 Å². The Labute approximate surface area is 162 Å². The van der Waals surface area contributed by atoms with Gasteiger partial charge in [-0.2, -0.15) is 8.78 Å². The van der Waals surface area contributed by atoms with Crippen molar-refractivity contribution in [2.45, 2.75) is 36.3 Å². The second kappa shape index (κ2) is 7.16. The van der Waals surface area contributed by atoms with Crippen molar-refractivity contribution in [3.05, 3.63) is 53.9 Å². The van der Waals surface area contributed by atoms with E-state index in [1.807, 2.05) is 19.1 Å². The minimum Gasteiger partial charge on any atom is -0.371 e. The van der Waals surface area contributed by atoms with Crippen molar-refractivity contribution < 1.29 is 17.2 Å². The Morgan fingerprint density at radius 3 is 2.64 bits per heavy atom. The number of imidazole rings is 1. The number of halogens is 2. The number of nitrogens with zero attached hydrogens (tertiary/aromatic N) is 2. The smallest absolute Gasteiger partial charge is 0.341 e. The first-order chi connectivity index (χ1) is 13.3. The van der Waals surface area contributed by atoms with Crippen LogP contribution in [0.5, 0.6) is 0 Å². The fraction of sp³-hybridized carbons (Fsp3) is 0.350. The third-order valence-electron chi connectivity index (χ3n) is 5.23. The number of aromatic nitrogens is 2. The first kappa shape index (κ1) is 18.9. The van der Waals surface area contributed by atoms with Crippen molar-refractivity contribution >= 4 is 26.6 Å². The zero-order chi connectivity index (χ0) is 19.9. The van der Waals surface area contributed by atoms with Crippen LogP contribution in [-0.2, 0) is 9.84 Å². The number of nitrogens with one attached hydrogen (secondary N) is 1. The maximum atomic E-state index is 12.7. The predicted molar refractivity (Wildman–Crippen MR) is 105 cm³/mol. The Balaban J connectivity index is 1.55. The molecule has 0 amide bonds. The molecule has 4 rings (SSSR count). The molecule has 2 aromatic carbocycles. The van der Waals surface area contributed by atoms with E-state index in [2.05, 4.69) is 16.0 Å². The van der Waals surface area contributed by atoms with Crippen molar-refractivity contribution in [3.8, 4) is 0 Å². The van der Waals surface area contributed by atoms with Gasteiger partial charge in [0.1, 0.15) is 5.82 Å². The molecule has 0 aliphatic carbocycles. The summed E-state index contributed by atoms with van der Waals surface area (Å²) in [5.74, 6) is -2.23. The molecule has 5 nitrogen and oxygen atoms in total. The van der Waals surface area contributed by atoms with Crippen LogP contribution in [0.15, 0.2) is 47.4 Å². The number of H-pyrrole nitrogens is 1. The van der Waals surface area contributed by atoms with Crippen molar-refractivity contribution in [1.82, 2.24) is 9.97 Å². The van der Waals surface area contributed by atoms with Gasteiger partial charge in [-0.3, -0.25) is 0 Å². The van der Waals surface area contributed by atoms with E-state index in [0.717, 1.165) is 48.5 Å². The number of alkyl halides is 2. The van der Waals surface area contributed by atoms with Gasteiger partial charge in [-0.05, 0) is 61.7 Å². The van der Waals surface area contributed by atoms with Crippen LogP contribution in [0.3, 0.4) is 0 Å². The Hall–Kier alpha value is -2.48. The molecule has 1 saturated heterocycles. The first-order valence-electron chi connectivity index (χ1n) is 9.18. The number of hydrogen-bond donors (Lipinski definition) is 1. The number of benzene rings is 2. The molecule has 1 N–H and O–H groups in total. The minimum atomic E-state index is -4.56. The highest BCUT2D eigenvalue weighted by atomic mass is 32.2. The molecule has 0 saturated carbocycles. The minimum absolute atomic E-state index is 0.228. The van der Waals surface area contributed by atoms with Gasteiger partial charge in [0.25, 0.3) is 0 Å². The van der Waals surface area contributed by atoms with E-state index in [-0.39, 0.29) is 10.8 Å². The van der Waals surface area contributed by atoms with Crippen molar-refractivity contribution in [2.75, 3.05) is 18.0 Å². The van der Waals surface area contributed by atoms with Crippen LogP contribution in [0.25, 0.3) is 11.0 Å². The molecule has 1 unspecified atom stereocenters. The van der Waals surface area contributed by atoms with Gasteiger partial charge in [0.05, 0.1) is 15.9 Å². The van der Waals surface area contributed by atoms with E-state index < -0.39 is 15.6 Å². The lowest BCUT2D eigenvalue weighted by atomic mass is 9.97. The van der Waals surface area contributed by atoms with Gasteiger partial charge in [-0.15, -0.1) is 0 Å².